The van der Waals surface area contributed by atoms with Crippen molar-refractivity contribution in [2.75, 3.05) is 5.75 Å². The molecule has 1 aromatic rings. The van der Waals surface area contributed by atoms with E-state index < -0.39 is 5.97 Å². The van der Waals surface area contributed by atoms with E-state index >= 15 is 0 Å². The topological polar surface area (TPSA) is 84.2 Å². The summed E-state index contributed by atoms with van der Waals surface area (Å²) in [5, 5.41) is 12.4. The number of imidazole rings is 1. The number of carboxylic acid groups (broad SMARTS) is 1. The molecule has 7 heteroatoms. The molecule has 1 saturated carbocycles. The zero-order valence-electron chi connectivity index (χ0n) is 11.5. The van der Waals surface area contributed by atoms with Crippen LogP contribution in [-0.4, -0.2) is 38.3 Å². The van der Waals surface area contributed by atoms with Gasteiger partial charge in [-0.25, -0.2) is 4.98 Å². The highest BCUT2D eigenvalue weighted by molar-refractivity contribution is 7.99. The van der Waals surface area contributed by atoms with E-state index in [1.165, 1.54) is 11.8 Å². The summed E-state index contributed by atoms with van der Waals surface area (Å²) in [7, 11) is 0. The normalized spacial score (nSPS) is 14.2. The quantitative estimate of drug-likeness (QED) is 0.709. The van der Waals surface area contributed by atoms with Crippen molar-refractivity contribution in [3.05, 3.63) is 11.9 Å². The highest BCUT2D eigenvalue weighted by Gasteiger charge is 2.22. The number of rotatable bonds is 8. The molecule has 6 nitrogen and oxygen atoms in total. The Balaban J connectivity index is 1.79. The molecule has 1 amide bonds. The van der Waals surface area contributed by atoms with Gasteiger partial charge in [-0.1, -0.05) is 11.8 Å². The Kier molecular flexibility index (Phi) is 5.05. The van der Waals surface area contributed by atoms with Crippen molar-refractivity contribution in [1.82, 2.24) is 14.9 Å². The van der Waals surface area contributed by atoms with Gasteiger partial charge in [0, 0.05) is 30.9 Å². The van der Waals surface area contributed by atoms with Crippen molar-refractivity contribution in [2.24, 2.45) is 0 Å². The Morgan fingerprint density at radius 2 is 2.30 bits per heavy atom. The molecule has 0 atom stereocenters. The first kappa shape index (κ1) is 14.9. The SMILES string of the molecule is Cc1cnc(SCC(=O)O)n1CCCC(=O)NC1CC1. The second kappa shape index (κ2) is 6.78. The molecule has 1 aliphatic rings. The Morgan fingerprint density at radius 1 is 1.55 bits per heavy atom. The van der Waals surface area contributed by atoms with Crippen LogP contribution in [0.1, 0.15) is 31.4 Å². The molecule has 0 aliphatic heterocycles. The van der Waals surface area contributed by atoms with Crippen LogP contribution < -0.4 is 5.32 Å². The van der Waals surface area contributed by atoms with Gasteiger partial charge >= 0.3 is 5.97 Å². The zero-order chi connectivity index (χ0) is 14.5. The fourth-order valence-corrected chi connectivity index (χ4v) is 2.65. The van der Waals surface area contributed by atoms with Gasteiger partial charge < -0.3 is 15.0 Å². The zero-order valence-corrected chi connectivity index (χ0v) is 12.3. The smallest absolute Gasteiger partial charge is 0.313 e. The Morgan fingerprint density at radius 3 is 2.95 bits per heavy atom. The number of aryl methyl sites for hydroxylation is 1. The molecule has 0 saturated heterocycles. The van der Waals surface area contributed by atoms with Gasteiger partial charge in [-0.05, 0) is 26.2 Å². The number of amides is 1. The van der Waals surface area contributed by atoms with Crippen LogP contribution in [0.3, 0.4) is 0 Å². The van der Waals surface area contributed by atoms with E-state index in [4.69, 9.17) is 5.11 Å². The first-order valence-electron chi connectivity index (χ1n) is 6.72. The summed E-state index contributed by atoms with van der Waals surface area (Å²) >= 11 is 1.21. The lowest BCUT2D eigenvalue weighted by Gasteiger charge is -2.09. The maximum absolute atomic E-state index is 11.6. The predicted molar refractivity (Wildman–Crippen MR) is 75.7 cm³/mol. The van der Waals surface area contributed by atoms with Crippen molar-refractivity contribution in [3.63, 3.8) is 0 Å². The molecule has 0 spiro atoms. The fraction of sp³-hybridized carbons (Fsp3) is 0.615. The first-order valence-corrected chi connectivity index (χ1v) is 7.71. The number of thioether (sulfide) groups is 1. The molecule has 20 heavy (non-hydrogen) atoms. The third-order valence-corrected chi connectivity index (χ3v) is 4.05. The highest BCUT2D eigenvalue weighted by atomic mass is 32.2. The van der Waals surface area contributed by atoms with Crippen molar-refractivity contribution >= 4 is 23.6 Å². The molecular weight excluding hydrogens is 278 g/mol. The number of aliphatic carboxylic acids is 1. The molecule has 0 radical (unpaired) electrons. The number of carboxylic acids is 1. The summed E-state index contributed by atoms with van der Waals surface area (Å²) in [5.74, 6) is -0.755. The highest BCUT2D eigenvalue weighted by Crippen LogP contribution is 2.20. The minimum Gasteiger partial charge on any atom is -0.481 e. The van der Waals surface area contributed by atoms with Gasteiger partial charge in [0.15, 0.2) is 5.16 Å². The van der Waals surface area contributed by atoms with Gasteiger partial charge in [-0.3, -0.25) is 9.59 Å². The van der Waals surface area contributed by atoms with Crippen molar-refractivity contribution < 1.29 is 14.7 Å². The minimum absolute atomic E-state index is 0.00137. The standard InChI is InChI=1S/C13H19N3O3S/c1-9-7-14-13(20-8-12(18)19)16(9)6-2-3-11(17)15-10-4-5-10/h7,10H,2-6,8H2,1H3,(H,15,17)(H,18,19). The van der Waals surface area contributed by atoms with Crippen LogP contribution in [-0.2, 0) is 16.1 Å². The van der Waals surface area contributed by atoms with Crippen LogP contribution in [0, 0.1) is 6.92 Å². The van der Waals surface area contributed by atoms with E-state index in [0.717, 1.165) is 25.0 Å². The lowest BCUT2D eigenvalue weighted by atomic mass is 10.3. The summed E-state index contributed by atoms with van der Waals surface area (Å²) < 4.78 is 1.97. The molecule has 1 heterocycles. The summed E-state index contributed by atoms with van der Waals surface area (Å²) in [6.07, 6.45) is 5.16. The molecule has 2 rings (SSSR count). The number of aromatic nitrogens is 2. The second-order valence-electron chi connectivity index (χ2n) is 4.96. The molecule has 1 aliphatic carbocycles. The van der Waals surface area contributed by atoms with E-state index in [9.17, 15) is 9.59 Å². The van der Waals surface area contributed by atoms with Gasteiger partial charge in [0.1, 0.15) is 0 Å². The van der Waals surface area contributed by atoms with E-state index in [0.29, 0.717) is 24.2 Å². The number of nitrogens with one attached hydrogen (secondary N) is 1. The number of hydrogen-bond donors (Lipinski definition) is 2. The predicted octanol–water partition coefficient (Wildman–Crippen LogP) is 1.43. The van der Waals surface area contributed by atoms with Gasteiger partial charge in [-0.15, -0.1) is 0 Å². The molecule has 110 valence electrons. The summed E-state index contributed by atoms with van der Waals surface area (Å²) in [4.78, 5) is 26.4. The third kappa shape index (κ3) is 4.56. The average molecular weight is 297 g/mol. The van der Waals surface area contributed by atoms with Crippen molar-refractivity contribution in [2.45, 2.75) is 50.4 Å². The summed E-state index contributed by atoms with van der Waals surface area (Å²) in [6.45, 7) is 2.62. The number of carbonyl (C=O) groups excluding carboxylic acids is 1. The van der Waals surface area contributed by atoms with Crippen LogP contribution in [0.2, 0.25) is 0 Å². The Hall–Kier alpha value is -1.50. The van der Waals surface area contributed by atoms with Crippen molar-refractivity contribution in [1.29, 1.82) is 0 Å². The van der Waals surface area contributed by atoms with Gasteiger partial charge in [-0.2, -0.15) is 0 Å². The molecule has 1 fully saturated rings. The maximum Gasteiger partial charge on any atom is 0.313 e. The number of nitrogens with zero attached hydrogens (tertiary/aromatic N) is 2. The van der Waals surface area contributed by atoms with E-state index in [2.05, 4.69) is 10.3 Å². The van der Waals surface area contributed by atoms with Gasteiger partial charge in [0.25, 0.3) is 0 Å². The molecule has 0 aromatic carbocycles. The Labute approximate surface area is 122 Å². The van der Waals surface area contributed by atoms with Gasteiger partial charge in [0.05, 0.1) is 5.75 Å². The fourth-order valence-electron chi connectivity index (χ4n) is 1.88. The lowest BCUT2D eigenvalue weighted by molar-refractivity contribution is -0.134. The van der Waals surface area contributed by atoms with E-state index in [-0.39, 0.29) is 11.7 Å². The van der Waals surface area contributed by atoms with Crippen molar-refractivity contribution in [3.8, 4) is 0 Å². The molecule has 0 unspecified atom stereocenters. The van der Waals surface area contributed by atoms with Crippen LogP contribution in [0.5, 0.6) is 0 Å². The summed E-state index contributed by atoms with van der Waals surface area (Å²) in [5.41, 5.74) is 0.987. The summed E-state index contributed by atoms with van der Waals surface area (Å²) in [6, 6.07) is 0.402. The first-order chi connectivity index (χ1) is 9.56. The average Bonchev–Trinajstić information content (AvgIpc) is 3.12. The Bertz CT molecular complexity index is 497. The van der Waals surface area contributed by atoms with Crippen LogP contribution in [0.15, 0.2) is 11.4 Å². The van der Waals surface area contributed by atoms with Gasteiger partial charge in [0.2, 0.25) is 5.91 Å². The van der Waals surface area contributed by atoms with Crippen LogP contribution >= 0.6 is 11.8 Å². The minimum atomic E-state index is -0.856. The van der Waals surface area contributed by atoms with E-state index in [1.54, 1.807) is 6.20 Å². The largest absolute Gasteiger partial charge is 0.481 e. The third-order valence-electron chi connectivity index (χ3n) is 3.07. The molecular formula is C13H19N3O3S. The second-order valence-corrected chi connectivity index (χ2v) is 5.90. The number of carbonyl (C=O) groups is 2. The monoisotopic (exact) mass is 297 g/mol. The molecule has 0 bridgehead atoms. The maximum atomic E-state index is 11.6. The van der Waals surface area contributed by atoms with Crippen LogP contribution in [0.25, 0.3) is 0 Å². The van der Waals surface area contributed by atoms with E-state index in [1.807, 2.05) is 11.5 Å². The molecule has 1 aromatic heterocycles. The molecule has 2 N–H and O–H groups in total. The number of hydrogen-bond acceptors (Lipinski definition) is 4. The van der Waals surface area contributed by atoms with Crippen LogP contribution in [0.4, 0.5) is 0 Å². The lowest BCUT2D eigenvalue weighted by Crippen LogP contribution is -2.25.